The summed E-state index contributed by atoms with van der Waals surface area (Å²) < 4.78 is 0. The SMILES string of the molecule is CC1(CN)CCCCN1C(=O)Cc1ccc[nH]1. The summed E-state index contributed by atoms with van der Waals surface area (Å²) in [4.78, 5) is 17.3. The molecule has 17 heavy (non-hydrogen) atoms. The first-order valence-corrected chi connectivity index (χ1v) is 6.28. The monoisotopic (exact) mass is 235 g/mol. The lowest BCUT2D eigenvalue weighted by molar-refractivity contribution is -0.138. The van der Waals surface area contributed by atoms with Gasteiger partial charge in [0.25, 0.3) is 0 Å². The van der Waals surface area contributed by atoms with E-state index in [-0.39, 0.29) is 11.4 Å². The van der Waals surface area contributed by atoms with E-state index in [0.29, 0.717) is 13.0 Å². The summed E-state index contributed by atoms with van der Waals surface area (Å²) in [6.45, 7) is 3.48. The summed E-state index contributed by atoms with van der Waals surface area (Å²) in [6.07, 6.45) is 5.57. The Kier molecular flexibility index (Phi) is 3.52. The van der Waals surface area contributed by atoms with Gasteiger partial charge in [-0.1, -0.05) is 0 Å². The van der Waals surface area contributed by atoms with Gasteiger partial charge in [-0.15, -0.1) is 0 Å². The third kappa shape index (κ3) is 2.52. The summed E-state index contributed by atoms with van der Waals surface area (Å²) in [5.74, 6) is 0.181. The predicted octanol–water partition coefficient (Wildman–Crippen LogP) is 1.29. The first-order valence-electron chi connectivity index (χ1n) is 6.28. The highest BCUT2D eigenvalue weighted by Gasteiger charge is 2.35. The molecular formula is C13H21N3O. The minimum absolute atomic E-state index is 0.151. The number of aromatic nitrogens is 1. The van der Waals surface area contributed by atoms with Crippen molar-refractivity contribution in [1.29, 1.82) is 0 Å². The molecule has 0 saturated carbocycles. The number of H-pyrrole nitrogens is 1. The molecule has 1 aliphatic heterocycles. The minimum Gasteiger partial charge on any atom is -0.365 e. The van der Waals surface area contributed by atoms with E-state index in [2.05, 4.69) is 11.9 Å². The summed E-state index contributed by atoms with van der Waals surface area (Å²) in [5.41, 5.74) is 6.66. The second kappa shape index (κ2) is 4.92. The molecule has 3 N–H and O–H groups in total. The van der Waals surface area contributed by atoms with Gasteiger partial charge in [0, 0.05) is 25.0 Å². The first-order chi connectivity index (χ1) is 8.15. The van der Waals surface area contributed by atoms with E-state index in [1.54, 1.807) is 0 Å². The number of nitrogens with zero attached hydrogens (tertiary/aromatic N) is 1. The van der Waals surface area contributed by atoms with Crippen LogP contribution in [0.2, 0.25) is 0 Å². The van der Waals surface area contributed by atoms with Crippen molar-refractivity contribution >= 4 is 5.91 Å². The van der Waals surface area contributed by atoms with Gasteiger partial charge >= 0.3 is 0 Å². The Morgan fingerprint density at radius 3 is 3.06 bits per heavy atom. The van der Waals surface area contributed by atoms with Crippen molar-refractivity contribution in [3.63, 3.8) is 0 Å². The van der Waals surface area contributed by atoms with Crippen LogP contribution in [0.1, 0.15) is 31.9 Å². The zero-order valence-corrected chi connectivity index (χ0v) is 10.4. The van der Waals surface area contributed by atoms with Gasteiger partial charge in [0.1, 0.15) is 0 Å². The third-order valence-corrected chi connectivity index (χ3v) is 3.74. The number of carbonyl (C=O) groups is 1. The lowest BCUT2D eigenvalue weighted by Crippen LogP contribution is -2.57. The zero-order valence-electron chi connectivity index (χ0n) is 10.4. The molecule has 0 radical (unpaired) electrons. The number of hydrogen-bond donors (Lipinski definition) is 2. The van der Waals surface area contributed by atoms with Crippen molar-refractivity contribution in [2.45, 2.75) is 38.1 Å². The predicted molar refractivity (Wildman–Crippen MR) is 67.5 cm³/mol. The lowest BCUT2D eigenvalue weighted by atomic mass is 9.88. The molecule has 4 nitrogen and oxygen atoms in total. The molecule has 1 atom stereocenters. The van der Waals surface area contributed by atoms with E-state index in [4.69, 9.17) is 5.73 Å². The number of carbonyl (C=O) groups excluding carboxylic acids is 1. The summed E-state index contributed by atoms with van der Waals surface area (Å²) in [6, 6.07) is 3.86. The second-order valence-electron chi connectivity index (χ2n) is 5.08. The van der Waals surface area contributed by atoms with Gasteiger partial charge in [-0.25, -0.2) is 0 Å². The fraction of sp³-hybridized carbons (Fsp3) is 0.615. The molecule has 1 amide bonds. The van der Waals surface area contributed by atoms with Crippen LogP contribution in [0.4, 0.5) is 0 Å². The molecule has 0 spiro atoms. The van der Waals surface area contributed by atoms with Crippen LogP contribution in [-0.4, -0.2) is 34.4 Å². The Labute approximate surface area is 102 Å². The van der Waals surface area contributed by atoms with Crippen LogP contribution in [0.3, 0.4) is 0 Å². The number of nitrogens with two attached hydrogens (primary N) is 1. The Morgan fingerprint density at radius 2 is 2.41 bits per heavy atom. The van der Waals surface area contributed by atoms with Crippen molar-refractivity contribution < 1.29 is 4.79 Å². The molecule has 2 rings (SSSR count). The molecule has 1 saturated heterocycles. The van der Waals surface area contributed by atoms with Crippen molar-refractivity contribution in [1.82, 2.24) is 9.88 Å². The number of rotatable bonds is 3. The van der Waals surface area contributed by atoms with Crippen LogP contribution in [0.15, 0.2) is 18.3 Å². The van der Waals surface area contributed by atoms with E-state index in [1.807, 2.05) is 23.2 Å². The number of hydrogen-bond acceptors (Lipinski definition) is 2. The second-order valence-corrected chi connectivity index (χ2v) is 5.08. The van der Waals surface area contributed by atoms with E-state index in [0.717, 1.165) is 25.1 Å². The Balaban J connectivity index is 2.06. The van der Waals surface area contributed by atoms with Crippen molar-refractivity contribution in [2.75, 3.05) is 13.1 Å². The smallest absolute Gasteiger partial charge is 0.228 e. The summed E-state index contributed by atoms with van der Waals surface area (Å²) >= 11 is 0. The van der Waals surface area contributed by atoms with Gasteiger partial charge in [0.05, 0.1) is 12.0 Å². The van der Waals surface area contributed by atoms with Crippen LogP contribution in [0.5, 0.6) is 0 Å². The molecule has 94 valence electrons. The van der Waals surface area contributed by atoms with Gasteiger partial charge in [0.2, 0.25) is 5.91 Å². The van der Waals surface area contributed by atoms with Crippen LogP contribution in [-0.2, 0) is 11.2 Å². The minimum atomic E-state index is -0.151. The van der Waals surface area contributed by atoms with Gasteiger partial charge in [0.15, 0.2) is 0 Å². The maximum absolute atomic E-state index is 12.3. The van der Waals surface area contributed by atoms with Crippen molar-refractivity contribution in [3.05, 3.63) is 24.0 Å². The van der Waals surface area contributed by atoms with Crippen molar-refractivity contribution in [3.8, 4) is 0 Å². The quantitative estimate of drug-likeness (QED) is 0.829. The first kappa shape index (κ1) is 12.2. The van der Waals surface area contributed by atoms with Crippen LogP contribution in [0, 0.1) is 0 Å². The van der Waals surface area contributed by atoms with Gasteiger partial charge < -0.3 is 15.6 Å². The number of nitrogens with one attached hydrogen (secondary N) is 1. The zero-order chi connectivity index (χ0) is 12.3. The fourth-order valence-electron chi connectivity index (χ4n) is 2.55. The highest BCUT2D eigenvalue weighted by molar-refractivity contribution is 5.79. The average Bonchev–Trinajstić information content (AvgIpc) is 2.82. The number of amides is 1. The summed E-state index contributed by atoms with van der Waals surface area (Å²) in [7, 11) is 0. The largest absolute Gasteiger partial charge is 0.365 e. The highest BCUT2D eigenvalue weighted by atomic mass is 16.2. The van der Waals surface area contributed by atoms with Crippen LogP contribution >= 0.6 is 0 Å². The average molecular weight is 235 g/mol. The Morgan fingerprint density at radius 1 is 1.59 bits per heavy atom. The van der Waals surface area contributed by atoms with Crippen LogP contribution < -0.4 is 5.73 Å². The standard InChI is InChI=1S/C13H21N3O/c1-13(10-14)6-2-3-8-16(13)12(17)9-11-5-4-7-15-11/h4-5,7,15H,2-3,6,8-10,14H2,1H3. The Bertz CT molecular complexity index is 374. The van der Waals surface area contributed by atoms with Gasteiger partial charge in [-0.3, -0.25) is 4.79 Å². The molecule has 4 heteroatoms. The molecule has 2 heterocycles. The maximum atomic E-state index is 12.3. The van der Waals surface area contributed by atoms with Crippen LogP contribution in [0.25, 0.3) is 0 Å². The van der Waals surface area contributed by atoms with E-state index in [1.165, 1.54) is 6.42 Å². The fourth-order valence-corrected chi connectivity index (χ4v) is 2.55. The topological polar surface area (TPSA) is 62.1 Å². The molecule has 1 fully saturated rings. The van der Waals surface area contributed by atoms with Gasteiger partial charge in [-0.2, -0.15) is 0 Å². The molecule has 1 aromatic heterocycles. The van der Waals surface area contributed by atoms with Gasteiger partial charge in [-0.05, 0) is 38.3 Å². The molecular weight excluding hydrogens is 214 g/mol. The number of aromatic amines is 1. The molecule has 0 bridgehead atoms. The lowest BCUT2D eigenvalue weighted by Gasteiger charge is -2.44. The molecule has 0 aromatic carbocycles. The highest BCUT2D eigenvalue weighted by Crippen LogP contribution is 2.27. The Hall–Kier alpha value is -1.29. The van der Waals surface area contributed by atoms with E-state index in [9.17, 15) is 4.79 Å². The summed E-state index contributed by atoms with van der Waals surface area (Å²) in [5, 5.41) is 0. The third-order valence-electron chi connectivity index (χ3n) is 3.74. The number of likely N-dealkylation sites (tertiary alicyclic amines) is 1. The van der Waals surface area contributed by atoms with E-state index >= 15 is 0 Å². The molecule has 1 aliphatic rings. The normalized spacial score (nSPS) is 24.9. The molecule has 1 aromatic rings. The molecule has 1 unspecified atom stereocenters. The van der Waals surface area contributed by atoms with E-state index < -0.39 is 0 Å². The molecule has 0 aliphatic carbocycles. The number of piperidine rings is 1. The maximum Gasteiger partial charge on any atom is 0.228 e. The van der Waals surface area contributed by atoms with Crippen molar-refractivity contribution in [2.24, 2.45) is 5.73 Å².